The van der Waals surface area contributed by atoms with E-state index in [2.05, 4.69) is 102 Å². The van der Waals surface area contributed by atoms with Crippen LogP contribution in [0, 0.1) is 17.9 Å². The van der Waals surface area contributed by atoms with Gasteiger partial charge in [-0.15, -0.1) is 6.10 Å². The van der Waals surface area contributed by atoms with E-state index in [0.29, 0.717) is 5.57 Å². The molecule has 0 heterocycles. The molecule has 1 N–H and O–H groups in total. The largest absolute Gasteiger partial charge is 0.851 e. The number of rotatable bonds is 10. The first-order valence-corrected chi connectivity index (χ1v) is 17.5. The lowest BCUT2D eigenvalue weighted by molar-refractivity contribution is -0.440. The monoisotopic (exact) mass is 641 g/mol. The van der Waals surface area contributed by atoms with Crippen molar-refractivity contribution in [1.82, 2.24) is 0 Å². The second-order valence-corrected chi connectivity index (χ2v) is 13.3. The van der Waals surface area contributed by atoms with Crippen LogP contribution in [0.2, 0.25) is 0 Å². The molecule has 0 amide bonds. The minimum Gasteiger partial charge on any atom is -0.851 e. The van der Waals surface area contributed by atoms with Gasteiger partial charge in [-0.05, 0) is 110 Å². The number of benzene rings is 6. The van der Waals surface area contributed by atoms with Crippen LogP contribution in [-0.4, -0.2) is 26.2 Å². The SMILES string of the molecule is [C-]#[N+]/C(C#N)=C1\C(c2ccc(NC)c3cc4ccccc4cc23)C([O-])C1c1ccc(N(CCCC)CCCC)c2cc3ccccc3cc12. The fourth-order valence-electron chi connectivity index (χ4n) is 7.94. The molecule has 3 unspecified atom stereocenters. The molecule has 6 aromatic rings. The molecule has 0 bridgehead atoms. The first kappa shape index (κ1) is 32.2. The molecule has 1 fully saturated rings. The van der Waals surface area contributed by atoms with Crippen molar-refractivity contribution < 1.29 is 5.11 Å². The third-order valence-corrected chi connectivity index (χ3v) is 10.5. The summed E-state index contributed by atoms with van der Waals surface area (Å²) in [5, 5.41) is 37.0. The molecule has 49 heavy (non-hydrogen) atoms. The van der Waals surface area contributed by atoms with Gasteiger partial charge in [0.1, 0.15) is 0 Å². The van der Waals surface area contributed by atoms with Crippen LogP contribution in [0.5, 0.6) is 0 Å². The van der Waals surface area contributed by atoms with Crippen LogP contribution in [0.1, 0.15) is 62.5 Å². The van der Waals surface area contributed by atoms with Crippen molar-refractivity contribution in [2.75, 3.05) is 30.4 Å². The Morgan fingerprint density at radius 1 is 0.755 bits per heavy atom. The number of fused-ring (bicyclic) bond motifs is 4. The molecule has 0 saturated heterocycles. The van der Waals surface area contributed by atoms with Crippen molar-refractivity contribution in [2.24, 2.45) is 0 Å². The average Bonchev–Trinajstić information content (AvgIpc) is 3.14. The van der Waals surface area contributed by atoms with Crippen LogP contribution in [0.15, 0.2) is 108 Å². The van der Waals surface area contributed by atoms with Gasteiger partial charge in [-0.25, -0.2) is 10.1 Å². The summed E-state index contributed by atoms with van der Waals surface area (Å²) in [6.07, 6.45) is 3.38. The van der Waals surface area contributed by atoms with Gasteiger partial charge in [-0.2, -0.15) is 0 Å². The summed E-state index contributed by atoms with van der Waals surface area (Å²) in [5.41, 5.74) is 4.60. The van der Waals surface area contributed by atoms with E-state index in [1.165, 1.54) is 5.69 Å². The Bertz CT molecular complexity index is 2300. The molecule has 1 aliphatic rings. The number of nitriles is 1. The highest BCUT2D eigenvalue weighted by Crippen LogP contribution is 2.56. The number of hydrogen-bond acceptors (Lipinski definition) is 4. The quantitative estimate of drug-likeness (QED) is 0.0918. The molecule has 1 aliphatic carbocycles. The van der Waals surface area contributed by atoms with E-state index in [0.717, 1.165) is 98.7 Å². The Labute approximate surface area is 288 Å². The highest BCUT2D eigenvalue weighted by molar-refractivity contribution is 6.07. The second-order valence-electron chi connectivity index (χ2n) is 13.3. The molecule has 5 heteroatoms. The molecular weight excluding hydrogens is 601 g/mol. The fourth-order valence-corrected chi connectivity index (χ4v) is 7.94. The first-order chi connectivity index (χ1) is 24.0. The van der Waals surface area contributed by atoms with E-state index in [4.69, 9.17) is 6.57 Å². The Hall–Kier alpha value is -5.36. The smallest absolute Gasteiger partial charge is 0.262 e. The highest BCUT2D eigenvalue weighted by atomic mass is 16.3. The Balaban J connectivity index is 1.43. The lowest BCUT2D eigenvalue weighted by atomic mass is 9.60. The number of hydrogen-bond donors (Lipinski definition) is 1. The molecule has 7 rings (SSSR count). The number of unbranched alkanes of at least 4 members (excludes halogenated alkanes) is 2. The number of allylic oxidation sites excluding steroid dienone is 1. The zero-order valence-corrected chi connectivity index (χ0v) is 28.5. The number of nitrogens with one attached hydrogen (secondary N) is 1. The van der Waals surface area contributed by atoms with Crippen LogP contribution in [0.25, 0.3) is 47.9 Å². The topological polar surface area (TPSA) is 66.5 Å². The average molecular weight is 642 g/mol. The molecule has 3 atom stereocenters. The van der Waals surface area contributed by atoms with Gasteiger partial charge in [0.25, 0.3) is 5.70 Å². The van der Waals surface area contributed by atoms with Crippen molar-refractivity contribution in [2.45, 2.75) is 57.5 Å². The van der Waals surface area contributed by atoms with Gasteiger partial charge in [0.15, 0.2) is 0 Å². The molecule has 0 spiro atoms. The Morgan fingerprint density at radius 3 is 1.73 bits per heavy atom. The molecule has 0 aliphatic heterocycles. The van der Waals surface area contributed by atoms with Crippen molar-refractivity contribution in [1.29, 1.82) is 5.26 Å². The summed E-state index contributed by atoms with van der Waals surface area (Å²) in [4.78, 5) is 6.23. The standard InChI is InChI=1S/C44H41N4O/c1-5-7-21-48(22-8-6-2)40-20-18-33(35-24-29-14-10-12-16-31(29)26-37(35)40)42-43(39(27-45)47-4)41(44(42)49)32-17-19-38(46-3)36-25-30-15-11-9-13-28(30)23-34(32)36/h9-20,23-26,41-42,44,46H,5-8,21-22H2,1-3H3/q-1/b43-39+. The van der Waals surface area contributed by atoms with Crippen molar-refractivity contribution in [3.05, 3.63) is 131 Å². The zero-order chi connectivity index (χ0) is 34.1. The van der Waals surface area contributed by atoms with E-state index in [1.54, 1.807) is 0 Å². The third kappa shape index (κ3) is 5.55. The molecule has 0 radical (unpaired) electrons. The van der Waals surface area contributed by atoms with E-state index in [1.807, 2.05) is 37.4 Å². The summed E-state index contributed by atoms with van der Waals surface area (Å²) in [6, 6.07) is 35.9. The highest BCUT2D eigenvalue weighted by Gasteiger charge is 2.44. The first-order valence-electron chi connectivity index (χ1n) is 17.5. The summed E-state index contributed by atoms with van der Waals surface area (Å²) in [5.74, 6) is -1.19. The Kier molecular flexibility index (Phi) is 8.96. The lowest BCUT2D eigenvalue weighted by Gasteiger charge is -2.54. The molecule has 244 valence electrons. The summed E-state index contributed by atoms with van der Waals surface area (Å²) in [7, 11) is 1.90. The Morgan fingerprint density at radius 2 is 1.24 bits per heavy atom. The van der Waals surface area contributed by atoms with Gasteiger partial charge in [-0.1, -0.05) is 87.4 Å². The maximum Gasteiger partial charge on any atom is 0.262 e. The predicted octanol–water partition coefficient (Wildman–Crippen LogP) is 10.1. The van der Waals surface area contributed by atoms with Crippen molar-refractivity contribution >= 4 is 54.5 Å². The van der Waals surface area contributed by atoms with E-state index >= 15 is 0 Å². The van der Waals surface area contributed by atoms with Gasteiger partial charge in [0.05, 0.1) is 12.6 Å². The lowest BCUT2D eigenvalue weighted by Crippen LogP contribution is -2.50. The molecule has 6 aromatic carbocycles. The number of nitrogens with zero attached hydrogens (tertiary/aromatic N) is 3. The maximum absolute atomic E-state index is 14.8. The van der Waals surface area contributed by atoms with Gasteiger partial charge in [0.2, 0.25) is 0 Å². The molecule has 5 nitrogen and oxygen atoms in total. The third-order valence-electron chi connectivity index (χ3n) is 10.5. The van der Waals surface area contributed by atoms with Gasteiger partial charge in [0, 0.05) is 42.3 Å². The second kappa shape index (κ2) is 13.6. The molecular formula is C44H41N4O-. The summed E-state index contributed by atoms with van der Waals surface area (Å²) in [6.45, 7) is 14.4. The minimum absolute atomic E-state index is 0.0271. The van der Waals surface area contributed by atoms with Crippen LogP contribution in [0.4, 0.5) is 11.4 Å². The van der Waals surface area contributed by atoms with Gasteiger partial charge < -0.3 is 15.3 Å². The normalized spacial score (nSPS) is 18.3. The van der Waals surface area contributed by atoms with E-state index in [-0.39, 0.29) is 5.70 Å². The van der Waals surface area contributed by atoms with Gasteiger partial charge >= 0.3 is 0 Å². The maximum atomic E-state index is 14.8. The van der Waals surface area contributed by atoms with Crippen LogP contribution >= 0.6 is 0 Å². The summed E-state index contributed by atoms with van der Waals surface area (Å²) < 4.78 is 0. The zero-order valence-electron chi connectivity index (χ0n) is 28.5. The van der Waals surface area contributed by atoms with Crippen molar-refractivity contribution in [3.8, 4) is 6.07 Å². The van der Waals surface area contributed by atoms with E-state index < -0.39 is 17.9 Å². The molecule has 0 aromatic heterocycles. The van der Waals surface area contributed by atoms with Crippen molar-refractivity contribution in [3.63, 3.8) is 0 Å². The predicted molar refractivity (Wildman–Crippen MR) is 203 cm³/mol. The van der Waals surface area contributed by atoms with Crippen LogP contribution in [0.3, 0.4) is 0 Å². The number of anilines is 2. The van der Waals surface area contributed by atoms with Crippen LogP contribution in [-0.2, 0) is 0 Å². The summed E-state index contributed by atoms with van der Waals surface area (Å²) >= 11 is 0. The van der Waals surface area contributed by atoms with E-state index in [9.17, 15) is 10.4 Å². The fraction of sp³-hybridized carbons (Fsp3) is 0.273. The minimum atomic E-state index is -1.06. The van der Waals surface area contributed by atoms with Crippen LogP contribution < -0.4 is 15.3 Å². The van der Waals surface area contributed by atoms with Gasteiger partial charge in [-0.3, -0.25) is 0 Å². The molecule has 1 saturated carbocycles.